The predicted octanol–water partition coefficient (Wildman–Crippen LogP) is 7.29. The molecular formula is C36H25ClIN9O2. The first-order valence-corrected chi connectivity index (χ1v) is 16.3. The van der Waals surface area contributed by atoms with Gasteiger partial charge in [-0.15, -0.1) is 0 Å². The van der Waals surface area contributed by atoms with Crippen LogP contribution in [0.15, 0.2) is 133 Å². The zero-order valence-corrected chi connectivity index (χ0v) is 28.4. The molecular weight excluding hydrogens is 753 g/mol. The fourth-order valence-electron chi connectivity index (χ4n) is 5.37. The zero-order chi connectivity index (χ0) is 33.9. The minimum atomic E-state index is -0.480. The van der Waals surface area contributed by atoms with E-state index in [1.165, 1.54) is 23.3 Å². The molecule has 1 amide bonds. The molecule has 0 aliphatic heterocycles. The minimum absolute atomic E-state index is 0.0521. The number of pyridine rings is 1. The molecule has 4 N–H and O–H groups in total. The van der Waals surface area contributed by atoms with Gasteiger partial charge in [-0.1, -0.05) is 60.1 Å². The van der Waals surface area contributed by atoms with E-state index < -0.39 is 11.5 Å². The van der Waals surface area contributed by atoms with E-state index in [1.54, 1.807) is 24.4 Å². The van der Waals surface area contributed by atoms with E-state index in [1.807, 2.05) is 89.8 Å². The third-order valence-corrected chi connectivity index (χ3v) is 8.84. The average molecular weight is 778 g/mol. The van der Waals surface area contributed by atoms with Crippen LogP contribution in [0.5, 0.6) is 0 Å². The summed E-state index contributed by atoms with van der Waals surface area (Å²) in [5.74, 6) is -0.0952. The Morgan fingerprint density at radius 1 is 0.796 bits per heavy atom. The van der Waals surface area contributed by atoms with E-state index in [2.05, 4.69) is 52.8 Å². The van der Waals surface area contributed by atoms with Crippen LogP contribution in [0.4, 0.5) is 11.5 Å². The lowest BCUT2D eigenvalue weighted by Gasteiger charge is -2.09. The summed E-state index contributed by atoms with van der Waals surface area (Å²) in [6, 6.07) is 29.6. The van der Waals surface area contributed by atoms with Crippen molar-refractivity contribution in [2.24, 2.45) is 0 Å². The molecule has 13 heteroatoms. The van der Waals surface area contributed by atoms with Gasteiger partial charge in [0.25, 0.3) is 11.5 Å². The van der Waals surface area contributed by atoms with Gasteiger partial charge < -0.3 is 20.6 Å². The maximum atomic E-state index is 13.0. The summed E-state index contributed by atoms with van der Waals surface area (Å²) in [4.78, 5) is 45.5. The number of amides is 1. The number of benzene rings is 3. The molecule has 0 radical (unpaired) electrons. The molecule has 0 bridgehead atoms. The van der Waals surface area contributed by atoms with Gasteiger partial charge in [-0.3, -0.25) is 14.2 Å². The van der Waals surface area contributed by atoms with Gasteiger partial charge in [0.2, 0.25) is 0 Å². The summed E-state index contributed by atoms with van der Waals surface area (Å²) < 4.78 is 4.47. The second-order valence-corrected chi connectivity index (χ2v) is 12.2. The van der Waals surface area contributed by atoms with Crippen molar-refractivity contribution in [2.75, 3.05) is 11.1 Å². The van der Waals surface area contributed by atoms with Crippen molar-refractivity contribution in [3.8, 4) is 22.5 Å². The van der Waals surface area contributed by atoms with E-state index >= 15 is 0 Å². The van der Waals surface area contributed by atoms with Gasteiger partial charge in [-0.2, -0.15) is 0 Å². The van der Waals surface area contributed by atoms with Crippen LogP contribution in [0.25, 0.3) is 44.6 Å². The number of fused-ring (bicyclic) bond motifs is 2. The number of aromatic nitrogens is 7. The Kier molecular flexibility index (Phi) is 8.87. The van der Waals surface area contributed by atoms with Gasteiger partial charge in [0.05, 0.1) is 10.8 Å². The Labute approximate surface area is 297 Å². The number of H-pyrrole nitrogens is 1. The Morgan fingerprint density at radius 3 is 2.16 bits per heavy atom. The standard InChI is InChI=1S/C30H22N6O2.C6H3ClIN3/c31-27-26-25(18-36(28(26)33-19-32-27)23-10-5-2-6-11-23)20-13-15-21(16-14-20)34-29(37)24-12-7-17-35(30(24)38)22-8-3-1-4-9-22;7-5-4-3(8)1-9-6(4)11-2-10-5/h1-19H,(H,34,37)(H2,31,32,33);1-2H,(H,9,10,11). The van der Waals surface area contributed by atoms with Crippen molar-refractivity contribution in [1.82, 2.24) is 34.1 Å². The van der Waals surface area contributed by atoms with Crippen molar-refractivity contribution in [1.29, 1.82) is 0 Å². The molecule has 0 saturated carbocycles. The van der Waals surface area contributed by atoms with Crippen LogP contribution in [-0.4, -0.2) is 40.0 Å². The average Bonchev–Trinajstić information content (AvgIpc) is 3.72. The Balaban J connectivity index is 0.000000290. The highest BCUT2D eigenvalue weighted by molar-refractivity contribution is 14.1. The number of nitrogens with two attached hydrogens (primary N) is 1. The molecule has 5 aromatic heterocycles. The van der Waals surface area contributed by atoms with Crippen LogP contribution in [0.3, 0.4) is 0 Å². The van der Waals surface area contributed by atoms with Crippen molar-refractivity contribution < 1.29 is 4.79 Å². The second kappa shape index (κ2) is 13.7. The van der Waals surface area contributed by atoms with E-state index in [0.29, 0.717) is 28.0 Å². The van der Waals surface area contributed by atoms with Gasteiger partial charge in [0, 0.05) is 44.8 Å². The van der Waals surface area contributed by atoms with Crippen LogP contribution in [0, 0.1) is 3.57 Å². The fourth-order valence-corrected chi connectivity index (χ4v) is 6.43. The summed E-state index contributed by atoms with van der Waals surface area (Å²) in [6.45, 7) is 0. The first-order valence-electron chi connectivity index (χ1n) is 14.9. The van der Waals surface area contributed by atoms with Crippen molar-refractivity contribution in [3.05, 3.63) is 153 Å². The van der Waals surface area contributed by atoms with Gasteiger partial charge in [0.15, 0.2) is 5.65 Å². The molecule has 3 aromatic carbocycles. The number of nitrogen functional groups attached to an aromatic ring is 1. The molecule has 0 aliphatic rings. The van der Waals surface area contributed by atoms with Gasteiger partial charge in [-0.25, -0.2) is 19.9 Å². The third-order valence-electron chi connectivity index (χ3n) is 7.70. The van der Waals surface area contributed by atoms with Crippen molar-refractivity contribution >= 4 is 73.7 Å². The number of rotatable bonds is 5. The lowest BCUT2D eigenvalue weighted by atomic mass is 10.1. The number of nitrogens with zero attached hydrogens (tertiary/aromatic N) is 6. The molecule has 8 aromatic rings. The number of halogens is 2. The monoisotopic (exact) mass is 777 g/mol. The molecule has 0 spiro atoms. The quantitative estimate of drug-likeness (QED) is 0.123. The normalized spacial score (nSPS) is 10.9. The molecule has 0 unspecified atom stereocenters. The van der Waals surface area contributed by atoms with Crippen LogP contribution in [0.2, 0.25) is 5.15 Å². The number of hydrogen-bond acceptors (Lipinski definition) is 7. The smallest absolute Gasteiger partial charge is 0.267 e. The van der Waals surface area contributed by atoms with E-state index in [9.17, 15) is 9.59 Å². The van der Waals surface area contributed by atoms with Gasteiger partial charge >= 0.3 is 0 Å². The first kappa shape index (κ1) is 31.7. The molecule has 5 heterocycles. The van der Waals surface area contributed by atoms with Crippen molar-refractivity contribution in [3.63, 3.8) is 0 Å². The largest absolute Gasteiger partial charge is 0.383 e. The topological polar surface area (TPSA) is 149 Å². The summed E-state index contributed by atoms with van der Waals surface area (Å²) in [7, 11) is 0. The Bertz CT molecular complexity index is 2500. The summed E-state index contributed by atoms with van der Waals surface area (Å²) in [5.41, 5.74) is 11.4. The second-order valence-electron chi connectivity index (χ2n) is 10.7. The van der Waals surface area contributed by atoms with Gasteiger partial charge in [-0.05, 0) is 76.7 Å². The Morgan fingerprint density at radius 2 is 1.47 bits per heavy atom. The van der Waals surface area contributed by atoms with Crippen LogP contribution >= 0.6 is 34.2 Å². The minimum Gasteiger partial charge on any atom is -0.383 e. The van der Waals surface area contributed by atoms with Crippen LogP contribution < -0.4 is 16.6 Å². The lowest BCUT2D eigenvalue weighted by Crippen LogP contribution is -2.27. The number of nitrogens with one attached hydrogen (secondary N) is 2. The molecule has 11 nitrogen and oxygen atoms in total. The molecule has 240 valence electrons. The van der Waals surface area contributed by atoms with Crippen LogP contribution in [-0.2, 0) is 0 Å². The molecule has 0 fully saturated rings. The predicted molar refractivity (Wildman–Crippen MR) is 200 cm³/mol. The summed E-state index contributed by atoms with van der Waals surface area (Å²) in [6.07, 6.45) is 8.37. The highest BCUT2D eigenvalue weighted by Gasteiger charge is 2.17. The Hall–Kier alpha value is -5.86. The molecule has 0 atom stereocenters. The SMILES string of the molecule is Clc1ncnc2[nH]cc(I)c12.Nc1ncnc2c1c(-c1ccc(NC(=O)c3cccn(-c4ccccc4)c3=O)cc1)cn2-c1ccccc1. The summed E-state index contributed by atoms with van der Waals surface area (Å²) in [5, 5.41) is 4.98. The number of carbonyl (C=O) groups excluding carboxylic acids is 1. The highest BCUT2D eigenvalue weighted by Crippen LogP contribution is 2.34. The van der Waals surface area contributed by atoms with E-state index in [4.69, 9.17) is 17.3 Å². The number of carbonyl (C=O) groups is 1. The maximum absolute atomic E-state index is 13.0. The first-order chi connectivity index (χ1) is 23.9. The lowest BCUT2D eigenvalue weighted by molar-refractivity contribution is 0.102. The number of aromatic amines is 1. The highest BCUT2D eigenvalue weighted by atomic mass is 127. The molecule has 0 saturated heterocycles. The fraction of sp³-hybridized carbons (Fsp3) is 0. The molecule has 49 heavy (non-hydrogen) atoms. The molecule has 0 aliphatic carbocycles. The number of anilines is 2. The zero-order valence-electron chi connectivity index (χ0n) is 25.5. The third kappa shape index (κ3) is 6.38. The van der Waals surface area contributed by atoms with Crippen LogP contribution in [0.1, 0.15) is 10.4 Å². The number of hydrogen-bond donors (Lipinski definition) is 3. The number of para-hydroxylation sites is 2. The van der Waals surface area contributed by atoms with E-state index in [-0.39, 0.29) is 5.56 Å². The summed E-state index contributed by atoms with van der Waals surface area (Å²) >= 11 is 8.01. The molecule has 8 rings (SSSR count). The maximum Gasteiger partial charge on any atom is 0.267 e. The van der Waals surface area contributed by atoms with Gasteiger partial charge in [0.1, 0.15) is 34.8 Å². The van der Waals surface area contributed by atoms with Crippen molar-refractivity contribution in [2.45, 2.75) is 0 Å². The van der Waals surface area contributed by atoms with E-state index in [0.717, 1.165) is 36.8 Å².